The first-order chi connectivity index (χ1) is 12.0. The van der Waals surface area contributed by atoms with Gasteiger partial charge in [-0.3, -0.25) is 0 Å². The molecule has 0 saturated carbocycles. The van der Waals surface area contributed by atoms with Crippen LogP contribution >= 0.6 is 46.9 Å². The fraction of sp³-hybridized carbons (Fsp3) is 0.167. The van der Waals surface area contributed by atoms with Gasteiger partial charge in [0.15, 0.2) is 8.29 Å². The van der Waals surface area contributed by atoms with E-state index in [4.69, 9.17) is 23.8 Å². The van der Waals surface area contributed by atoms with Gasteiger partial charge in [0.05, 0.1) is 11.8 Å². The molecule has 0 spiro atoms. The van der Waals surface area contributed by atoms with E-state index < -0.39 is 0 Å². The SMILES string of the molecule is Cc1ccc(C[C@H](C#N)Sc2nn(-c3ccc(Cl)cc3)c(=S)s2)cc1. The van der Waals surface area contributed by atoms with E-state index in [1.165, 1.54) is 28.7 Å². The van der Waals surface area contributed by atoms with Crippen LogP contribution in [-0.4, -0.2) is 15.0 Å². The molecule has 1 heterocycles. The van der Waals surface area contributed by atoms with Gasteiger partial charge in [-0.1, -0.05) is 64.5 Å². The lowest BCUT2D eigenvalue weighted by Gasteiger charge is -2.07. The molecule has 0 aliphatic rings. The summed E-state index contributed by atoms with van der Waals surface area (Å²) < 4.78 is 3.15. The van der Waals surface area contributed by atoms with Crippen molar-refractivity contribution in [2.45, 2.75) is 22.9 Å². The highest BCUT2D eigenvalue weighted by Crippen LogP contribution is 2.29. The Hall–Kier alpha value is -1.65. The molecule has 3 nitrogen and oxygen atoms in total. The predicted octanol–water partition coefficient (Wildman–Crippen LogP) is 5.85. The van der Waals surface area contributed by atoms with Gasteiger partial charge >= 0.3 is 0 Å². The molecule has 2 aromatic carbocycles. The van der Waals surface area contributed by atoms with Crippen LogP contribution in [0.15, 0.2) is 52.9 Å². The second-order valence-corrected chi connectivity index (χ2v) is 8.96. The second-order valence-electron chi connectivity index (χ2n) is 5.45. The zero-order valence-corrected chi connectivity index (χ0v) is 16.6. The Kier molecular flexibility index (Phi) is 5.92. The number of thioether (sulfide) groups is 1. The maximum absolute atomic E-state index is 9.49. The first kappa shape index (κ1) is 18.2. The number of benzene rings is 2. The van der Waals surface area contributed by atoms with E-state index in [2.05, 4.69) is 42.4 Å². The van der Waals surface area contributed by atoms with E-state index in [0.29, 0.717) is 15.4 Å². The van der Waals surface area contributed by atoms with E-state index in [0.717, 1.165) is 15.6 Å². The van der Waals surface area contributed by atoms with Gasteiger partial charge in [-0.25, -0.2) is 4.68 Å². The number of rotatable bonds is 5. The molecule has 0 saturated heterocycles. The Morgan fingerprint density at radius 3 is 2.56 bits per heavy atom. The first-order valence-electron chi connectivity index (χ1n) is 7.53. The van der Waals surface area contributed by atoms with Crippen LogP contribution in [0.3, 0.4) is 0 Å². The van der Waals surface area contributed by atoms with E-state index in [1.54, 1.807) is 16.8 Å². The lowest BCUT2D eigenvalue weighted by atomic mass is 10.1. The van der Waals surface area contributed by atoms with Crippen LogP contribution in [0.25, 0.3) is 5.69 Å². The fourth-order valence-electron chi connectivity index (χ4n) is 2.23. The highest BCUT2D eigenvalue weighted by molar-refractivity contribution is 8.01. The van der Waals surface area contributed by atoms with Gasteiger partial charge in [0, 0.05) is 5.02 Å². The molecular weight excluding hydrogens is 390 g/mol. The van der Waals surface area contributed by atoms with Crippen LogP contribution in [0.4, 0.5) is 0 Å². The molecule has 0 amide bonds. The van der Waals surface area contributed by atoms with Gasteiger partial charge in [0.1, 0.15) is 5.25 Å². The molecular formula is C18H14ClN3S3. The average Bonchev–Trinajstić information content (AvgIpc) is 2.97. The minimum atomic E-state index is -0.207. The maximum Gasteiger partial charge on any atom is 0.184 e. The monoisotopic (exact) mass is 403 g/mol. The van der Waals surface area contributed by atoms with Crippen molar-refractivity contribution in [3.63, 3.8) is 0 Å². The average molecular weight is 404 g/mol. The number of aryl methyl sites for hydroxylation is 1. The largest absolute Gasteiger partial charge is 0.211 e. The molecule has 1 aromatic heterocycles. The molecule has 0 aliphatic carbocycles. The summed E-state index contributed by atoms with van der Waals surface area (Å²) in [5.74, 6) is 0. The van der Waals surface area contributed by atoms with Gasteiger partial charge in [-0.2, -0.15) is 5.26 Å². The molecule has 0 N–H and O–H groups in total. The van der Waals surface area contributed by atoms with Crippen molar-refractivity contribution in [2.24, 2.45) is 0 Å². The van der Waals surface area contributed by atoms with E-state index in [9.17, 15) is 5.26 Å². The summed E-state index contributed by atoms with van der Waals surface area (Å²) in [6.45, 7) is 2.05. The van der Waals surface area contributed by atoms with E-state index >= 15 is 0 Å². The number of nitriles is 1. The first-order valence-corrected chi connectivity index (χ1v) is 10.0. The van der Waals surface area contributed by atoms with Gasteiger partial charge in [0.25, 0.3) is 0 Å². The van der Waals surface area contributed by atoms with Crippen molar-refractivity contribution in [2.75, 3.05) is 0 Å². The summed E-state index contributed by atoms with van der Waals surface area (Å²) in [6.07, 6.45) is 0.675. The summed E-state index contributed by atoms with van der Waals surface area (Å²) in [5, 5.41) is 14.5. The molecule has 1 atom stereocenters. The Morgan fingerprint density at radius 1 is 1.24 bits per heavy atom. The molecule has 25 heavy (non-hydrogen) atoms. The van der Waals surface area contributed by atoms with E-state index in [-0.39, 0.29) is 5.25 Å². The molecule has 0 unspecified atom stereocenters. The third kappa shape index (κ3) is 4.71. The smallest absolute Gasteiger partial charge is 0.184 e. The van der Waals surface area contributed by atoms with Crippen LogP contribution in [0.5, 0.6) is 0 Å². The summed E-state index contributed by atoms with van der Waals surface area (Å²) in [6, 6.07) is 18.0. The summed E-state index contributed by atoms with van der Waals surface area (Å²) in [5.41, 5.74) is 3.22. The van der Waals surface area contributed by atoms with Gasteiger partial charge in [-0.05, 0) is 55.4 Å². The topological polar surface area (TPSA) is 41.6 Å². The molecule has 3 aromatic rings. The molecule has 0 radical (unpaired) electrons. The van der Waals surface area contributed by atoms with Crippen molar-refractivity contribution in [1.82, 2.24) is 9.78 Å². The van der Waals surface area contributed by atoms with Crippen LogP contribution in [0.1, 0.15) is 11.1 Å². The number of halogens is 1. The molecule has 3 rings (SSSR count). The summed E-state index contributed by atoms with van der Waals surface area (Å²) in [7, 11) is 0. The third-order valence-electron chi connectivity index (χ3n) is 3.53. The Morgan fingerprint density at radius 2 is 1.92 bits per heavy atom. The lowest BCUT2D eigenvalue weighted by Crippen LogP contribution is -2.04. The van der Waals surface area contributed by atoms with Gasteiger partial charge < -0.3 is 0 Å². The van der Waals surface area contributed by atoms with Crippen LogP contribution < -0.4 is 0 Å². The van der Waals surface area contributed by atoms with Gasteiger partial charge in [0.2, 0.25) is 0 Å². The fourth-order valence-corrected chi connectivity index (χ4v) is 4.88. The highest BCUT2D eigenvalue weighted by atomic mass is 35.5. The summed E-state index contributed by atoms with van der Waals surface area (Å²) >= 11 is 14.2. The predicted molar refractivity (Wildman–Crippen MR) is 107 cm³/mol. The van der Waals surface area contributed by atoms with E-state index in [1.807, 2.05) is 12.1 Å². The molecule has 0 fully saturated rings. The number of aromatic nitrogens is 2. The summed E-state index contributed by atoms with van der Waals surface area (Å²) in [4.78, 5) is 0. The zero-order chi connectivity index (χ0) is 17.8. The van der Waals surface area contributed by atoms with Crippen molar-refractivity contribution in [3.8, 4) is 11.8 Å². The van der Waals surface area contributed by atoms with Crippen molar-refractivity contribution < 1.29 is 0 Å². The minimum Gasteiger partial charge on any atom is -0.211 e. The molecule has 126 valence electrons. The Labute approximate surface area is 164 Å². The minimum absolute atomic E-state index is 0.207. The molecule has 0 aliphatic heterocycles. The lowest BCUT2D eigenvalue weighted by molar-refractivity contribution is 0.828. The second kappa shape index (κ2) is 8.15. The van der Waals surface area contributed by atoms with Crippen molar-refractivity contribution in [3.05, 3.63) is 68.6 Å². The zero-order valence-electron chi connectivity index (χ0n) is 13.3. The number of nitrogens with zero attached hydrogens (tertiary/aromatic N) is 3. The van der Waals surface area contributed by atoms with Crippen molar-refractivity contribution in [1.29, 1.82) is 5.26 Å². The van der Waals surface area contributed by atoms with Gasteiger partial charge in [-0.15, -0.1) is 5.10 Å². The Balaban J connectivity index is 1.76. The number of hydrogen-bond donors (Lipinski definition) is 0. The molecule has 7 heteroatoms. The van der Waals surface area contributed by atoms with Crippen LogP contribution in [0.2, 0.25) is 5.02 Å². The van der Waals surface area contributed by atoms with Crippen LogP contribution in [-0.2, 0) is 6.42 Å². The van der Waals surface area contributed by atoms with Crippen molar-refractivity contribution >= 4 is 46.9 Å². The quantitative estimate of drug-likeness (QED) is 0.395. The Bertz CT molecular complexity index is 953. The van der Waals surface area contributed by atoms with Crippen LogP contribution in [0, 0.1) is 22.2 Å². The normalized spacial score (nSPS) is 11.9. The standard InChI is InChI=1S/C18H14ClN3S3/c1-12-2-4-13(5-3-12)10-16(11-20)24-17-21-22(18(23)25-17)15-8-6-14(19)7-9-15/h2-9,16H,10H2,1H3/t16-/m1/s1. The third-order valence-corrected chi connectivity index (χ3v) is 6.19. The highest BCUT2D eigenvalue weighted by Gasteiger charge is 2.15. The maximum atomic E-state index is 9.49. The number of hydrogen-bond acceptors (Lipinski definition) is 5. The molecule has 0 bridgehead atoms.